The lowest BCUT2D eigenvalue weighted by Crippen LogP contribution is -2.48. The molecule has 0 fully saturated rings. The third-order valence-corrected chi connectivity index (χ3v) is 5.81. The Morgan fingerprint density at radius 1 is 0.667 bits per heavy atom. The van der Waals surface area contributed by atoms with E-state index in [0.717, 1.165) is 24.7 Å². The third kappa shape index (κ3) is 6.30. The molecule has 0 saturated heterocycles. The van der Waals surface area contributed by atoms with Crippen molar-refractivity contribution in [1.29, 1.82) is 0 Å². The van der Waals surface area contributed by atoms with Crippen molar-refractivity contribution in [1.82, 2.24) is 0 Å². The van der Waals surface area contributed by atoms with Crippen molar-refractivity contribution in [3.8, 4) is 0 Å². The fourth-order valence-electron chi connectivity index (χ4n) is 3.00. The first-order valence-electron chi connectivity index (χ1n) is 9.20. The fraction of sp³-hybridized carbons (Fsp3) is 1.00. The largest absolute Gasteiger partial charge is 0.369 e. The van der Waals surface area contributed by atoms with Crippen LogP contribution in [0, 0.1) is 23.7 Å². The zero-order chi connectivity index (χ0) is 16.8. The summed E-state index contributed by atoms with van der Waals surface area (Å²) in [5, 5.41) is 0. The van der Waals surface area contributed by atoms with Crippen molar-refractivity contribution >= 4 is 0 Å². The van der Waals surface area contributed by atoms with Gasteiger partial charge in [-0.1, -0.05) is 68.2 Å². The molecule has 0 aromatic heterocycles. The molecule has 1 nitrogen and oxygen atoms in total. The van der Waals surface area contributed by atoms with Gasteiger partial charge in [0.05, 0.1) is 11.2 Å². The molecule has 0 amide bonds. The predicted octanol–water partition coefficient (Wildman–Crippen LogP) is 6.70. The molecule has 21 heavy (non-hydrogen) atoms. The van der Waals surface area contributed by atoms with Crippen molar-refractivity contribution in [3.05, 3.63) is 0 Å². The maximum atomic E-state index is 6.89. The lowest BCUT2D eigenvalue weighted by molar-refractivity contribution is -0.194. The van der Waals surface area contributed by atoms with E-state index in [-0.39, 0.29) is 11.2 Å². The lowest BCUT2D eigenvalue weighted by Gasteiger charge is -2.47. The Morgan fingerprint density at radius 2 is 0.952 bits per heavy atom. The van der Waals surface area contributed by atoms with Gasteiger partial charge in [0.15, 0.2) is 0 Å². The van der Waals surface area contributed by atoms with Gasteiger partial charge in [-0.25, -0.2) is 0 Å². The molecular weight excluding hydrogens is 256 g/mol. The van der Waals surface area contributed by atoms with E-state index in [2.05, 4.69) is 69.2 Å². The Labute approximate surface area is 135 Å². The van der Waals surface area contributed by atoms with Gasteiger partial charge in [0.25, 0.3) is 0 Å². The summed E-state index contributed by atoms with van der Waals surface area (Å²) in [5.41, 5.74) is -0.0518. The summed E-state index contributed by atoms with van der Waals surface area (Å²) >= 11 is 0. The highest BCUT2D eigenvalue weighted by atomic mass is 16.5. The summed E-state index contributed by atoms with van der Waals surface area (Å²) in [4.78, 5) is 0. The average Bonchev–Trinajstić information content (AvgIpc) is 2.37. The second-order valence-electron chi connectivity index (χ2n) is 8.47. The van der Waals surface area contributed by atoms with Crippen LogP contribution < -0.4 is 0 Å². The van der Waals surface area contributed by atoms with Crippen molar-refractivity contribution in [2.75, 3.05) is 0 Å². The van der Waals surface area contributed by atoms with Gasteiger partial charge in [0.2, 0.25) is 0 Å². The van der Waals surface area contributed by atoms with Crippen LogP contribution in [0.5, 0.6) is 0 Å². The molecule has 0 heterocycles. The van der Waals surface area contributed by atoms with Crippen LogP contribution in [0.15, 0.2) is 0 Å². The maximum absolute atomic E-state index is 6.89. The molecule has 0 aromatic rings. The van der Waals surface area contributed by atoms with Crippen LogP contribution in [0.3, 0.4) is 0 Å². The smallest absolute Gasteiger partial charge is 0.0687 e. The lowest BCUT2D eigenvalue weighted by atomic mass is 9.78. The molecule has 1 heteroatoms. The van der Waals surface area contributed by atoms with Gasteiger partial charge >= 0.3 is 0 Å². The first-order chi connectivity index (χ1) is 9.50. The van der Waals surface area contributed by atoms with Gasteiger partial charge in [-0.3, -0.25) is 0 Å². The van der Waals surface area contributed by atoms with E-state index in [0.29, 0.717) is 11.8 Å². The summed E-state index contributed by atoms with van der Waals surface area (Å²) < 4.78 is 6.89. The molecule has 0 radical (unpaired) electrons. The molecule has 0 N–H and O–H groups in total. The van der Waals surface area contributed by atoms with Crippen LogP contribution >= 0.6 is 0 Å². The zero-order valence-corrected chi connectivity index (χ0v) is 16.5. The van der Waals surface area contributed by atoms with Crippen LogP contribution in [0.25, 0.3) is 0 Å². The quantitative estimate of drug-likeness (QED) is 0.436. The number of hydrogen-bond acceptors (Lipinski definition) is 1. The van der Waals surface area contributed by atoms with Crippen LogP contribution in [-0.4, -0.2) is 11.2 Å². The first-order valence-corrected chi connectivity index (χ1v) is 9.20. The van der Waals surface area contributed by atoms with Crippen LogP contribution in [0.4, 0.5) is 0 Å². The minimum Gasteiger partial charge on any atom is -0.369 e. The monoisotopic (exact) mass is 298 g/mol. The molecule has 0 saturated carbocycles. The summed E-state index contributed by atoms with van der Waals surface area (Å²) in [6.07, 6.45) is 4.78. The molecular formula is C20H42O. The average molecular weight is 299 g/mol. The SMILES string of the molecule is CCC(C)CC(C)(OC(C)(CC(C)CC)C(C)C)C(C)C. The molecule has 4 unspecified atom stereocenters. The van der Waals surface area contributed by atoms with Gasteiger partial charge in [-0.2, -0.15) is 0 Å². The molecule has 4 atom stereocenters. The van der Waals surface area contributed by atoms with Gasteiger partial charge in [-0.05, 0) is 50.4 Å². The highest BCUT2D eigenvalue weighted by molar-refractivity contribution is 4.89. The van der Waals surface area contributed by atoms with E-state index in [1.807, 2.05) is 0 Å². The van der Waals surface area contributed by atoms with Crippen molar-refractivity contribution in [3.63, 3.8) is 0 Å². The van der Waals surface area contributed by atoms with Crippen molar-refractivity contribution in [2.45, 2.75) is 106 Å². The van der Waals surface area contributed by atoms with E-state index >= 15 is 0 Å². The number of rotatable bonds is 10. The Balaban J connectivity index is 5.23. The van der Waals surface area contributed by atoms with Crippen molar-refractivity contribution < 1.29 is 4.74 Å². The molecule has 0 aliphatic carbocycles. The minimum atomic E-state index is -0.0259. The minimum absolute atomic E-state index is 0.0259. The second-order valence-corrected chi connectivity index (χ2v) is 8.47. The standard InChI is InChI=1S/C20H42O/c1-11-17(7)13-19(9,15(3)4)21-20(10,16(5)6)14-18(8)12-2/h15-18H,11-14H2,1-10H3. The van der Waals surface area contributed by atoms with Gasteiger partial charge in [0, 0.05) is 0 Å². The zero-order valence-electron chi connectivity index (χ0n) is 16.5. The third-order valence-electron chi connectivity index (χ3n) is 5.81. The Kier molecular flexibility index (Phi) is 8.54. The normalized spacial score (nSPS) is 21.1. The summed E-state index contributed by atoms with van der Waals surface area (Å²) in [7, 11) is 0. The van der Waals surface area contributed by atoms with E-state index in [1.165, 1.54) is 12.8 Å². The maximum Gasteiger partial charge on any atom is 0.0687 e. The van der Waals surface area contributed by atoms with Gasteiger partial charge < -0.3 is 4.74 Å². The highest BCUT2D eigenvalue weighted by Gasteiger charge is 2.41. The molecule has 0 aromatic carbocycles. The Bertz CT molecular complexity index is 256. The van der Waals surface area contributed by atoms with Crippen LogP contribution in [0.2, 0.25) is 0 Å². The summed E-state index contributed by atoms with van der Waals surface area (Å²) in [6, 6.07) is 0. The van der Waals surface area contributed by atoms with Crippen LogP contribution in [-0.2, 0) is 4.74 Å². The molecule has 0 rings (SSSR count). The molecule has 0 bridgehead atoms. The summed E-state index contributed by atoms with van der Waals surface area (Å²) in [6.45, 7) is 23.2. The molecule has 0 spiro atoms. The van der Waals surface area contributed by atoms with E-state index < -0.39 is 0 Å². The molecule has 0 aliphatic heterocycles. The Morgan fingerprint density at radius 3 is 1.14 bits per heavy atom. The van der Waals surface area contributed by atoms with E-state index in [1.54, 1.807) is 0 Å². The fourth-order valence-corrected chi connectivity index (χ4v) is 3.00. The second kappa shape index (κ2) is 8.56. The first kappa shape index (κ1) is 21.0. The summed E-state index contributed by atoms with van der Waals surface area (Å²) in [5.74, 6) is 2.53. The van der Waals surface area contributed by atoms with E-state index in [9.17, 15) is 0 Å². The topological polar surface area (TPSA) is 9.23 Å². The number of hydrogen-bond donors (Lipinski definition) is 0. The number of ether oxygens (including phenoxy) is 1. The Hall–Kier alpha value is -0.0400. The van der Waals surface area contributed by atoms with E-state index in [4.69, 9.17) is 4.74 Å². The van der Waals surface area contributed by atoms with Crippen LogP contribution in [0.1, 0.15) is 94.9 Å². The van der Waals surface area contributed by atoms with Crippen molar-refractivity contribution in [2.24, 2.45) is 23.7 Å². The van der Waals surface area contributed by atoms with Gasteiger partial charge in [-0.15, -0.1) is 0 Å². The predicted molar refractivity (Wildman–Crippen MR) is 95.7 cm³/mol. The van der Waals surface area contributed by atoms with Gasteiger partial charge in [0.1, 0.15) is 0 Å². The highest BCUT2D eigenvalue weighted by Crippen LogP contribution is 2.40. The molecule has 0 aliphatic rings. The molecule has 128 valence electrons.